The Kier molecular flexibility index (Phi) is 11.2. The van der Waals surface area contributed by atoms with Crippen molar-refractivity contribution in [2.45, 2.75) is 51.9 Å². The monoisotopic (exact) mass is 296 g/mol. The lowest BCUT2D eigenvalue weighted by atomic mass is 10.1. The molecule has 0 aliphatic carbocycles. The largest absolute Gasteiger partial charge is 0.472 e. The molecule has 0 heterocycles. The Morgan fingerprint density at radius 1 is 1.00 bits per heavy atom. The molecule has 0 bridgehead atoms. The number of ether oxygens (including phenoxy) is 1. The maximum atomic E-state index is 10.9. The molecule has 1 atom stereocenters. The molecule has 114 valence electrons. The second-order valence-corrected chi connectivity index (χ2v) is 6.05. The van der Waals surface area contributed by atoms with E-state index in [4.69, 9.17) is 14.7 Å². The van der Waals surface area contributed by atoms with Crippen molar-refractivity contribution in [3.05, 3.63) is 0 Å². The molecular formula is C12H25O6P. The van der Waals surface area contributed by atoms with Crippen LogP contribution in [0, 0.1) is 0 Å². The summed E-state index contributed by atoms with van der Waals surface area (Å²) >= 11 is 0. The quantitative estimate of drug-likeness (QED) is 0.398. The van der Waals surface area contributed by atoms with Crippen LogP contribution in [-0.2, 0) is 13.8 Å². The summed E-state index contributed by atoms with van der Waals surface area (Å²) in [7, 11) is -4.48. The second kappa shape index (κ2) is 11.4. The van der Waals surface area contributed by atoms with Gasteiger partial charge in [0.1, 0.15) is 0 Å². The maximum Gasteiger partial charge on any atom is 0.435 e. The van der Waals surface area contributed by atoms with E-state index >= 15 is 0 Å². The van der Waals surface area contributed by atoms with E-state index in [-0.39, 0.29) is 6.61 Å². The highest BCUT2D eigenvalue weighted by molar-refractivity contribution is 7.70. The highest BCUT2D eigenvalue weighted by atomic mass is 31.2. The van der Waals surface area contributed by atoms with Crippen LogP contribution in [0.1, 0.15) is 51.9 Å². The highest BCUT2D eigenvalue weighted by Crippen LogP contribution is 2.42. The van der Waals surface area contributed by atoms with Gasteiger partial charge in [0.15, 0.2) is 0 Å². The highest BCUT2D eigenvalue weighted by Gasteiger charge is 2.29. The van der Waals surface area contributed by atoms with Crippen molar-refractivity contribution in [1.82, 2.24) is 0 Å². The Balaban J connectivity index is 3.24. The number of unbranched alkanes of at least 4 members (excludes halogenated alkanes) is 5. The number of carboxylic acid groups (broad SMARTS) is 1. The minimum absolute atomic E-state index is 0.0867. The predicted molar refractivity (Wildman–Crippen MR) is 72.6 cm³/mol. The Morgan fingerprint density at radius 3 is 2.21 bits per heavy atom. The average Bonchev–Trinajstić information content (AvgIpc) is 2.35. The van der Waals surface area contributed by atoms with Gasteiger partial charge in [-0.25, -0.2) is 9.36 Å². The first kappa shape index (κ1) is 18.6. The number of hydrogen-bond donors (Lipinski definition) is 2. The molecule has 0 aliphatic rings. The molecule has 0 amide bonds. The van der Waals surface area contributed by atoms with E-state index in [1.165, 1.54) is 25.7 Å². The second-order valence-electron chi connectivity index (χ2n) is 4.37. The van der Waals surface area contributed by atoms with Gasteiger partial charge in [-0.1, -0.05) is 39.0 Å². The van der Waals surface area contributed by atoms with E-state index < -0.39 is 13.3 Å². The van der Waals surface area contributed by atoms with Crippen LogP contribution >= 0.6 is 7.60 Å². The smallest absolute Gasteiger partial charge is 0.435 e. The van der Waals surface area contributed by atoms with Crippen LogP contribution in [0.4, 0.5) is 4.79 Å². The molecule has 0 aliphatic heterocycles. The zero-order valence-corrected chi connectivity index (χ0v) is 12.4. The summed E-state index contributed by atoms with van der Waals surface area (Å²) < 4.78 is 20.6. The summed E-state index contributed by atoms with van der Waals surface area (Å²) in [6, 6.07) is 0. The van der Waals surface area contributed by atoms with Crippen molar-refractivity contribution in [2.24, 2.45) is 0 Å². The van der Waals surface area contributed by atoms with Crippen molar-refractivity contribution < 1.29 is 28.6 Å². The Labute approximate surface area is 114 Å². The molecule has 7 heteroatoms. The van der Waals surface area contributed by atoms with Gasteiger partial charge in [-0.05, 0) is 12.8 Å². The van der Waals surface area contributed by atoms with Crippen molar-refractivity contribution in [3.8, 4) is 0 Å². The van der Waals surface area contributed by atoms with E-state index in [0.29, 0.717) is 19.6 Å². The van der Waals surface area contributed by atoms with Gasteiger partial charge in [-0.15, -0.1) is 0 Å². The van der Waals surface area contributed by atoms with Gasteiger partial charge in [0, 0.05) is 13.2 Å². The fourth-order valence-electron chi connectivity index (χ4n) is 1.49. The standard InChI is InChI=1S/C12H25O6P/c1-2-3-4-5-6-7-9-17-10-8-11-18-19(15,16)12(13)14/h2-11H2,1H3,(H,13,14)(H,15,16). The van der Waals surface area contributed by atoms with Crippen LogP contribution in [0.3, 0.4) is 0 Å². The molecule has 6 nitrogen and oxygen atoms in total. The van der Waals surface area contributed by atoms with Crippen LogP contribution in [-0.4, -0.2) is 35.5 Å². The minimum atomic E-state index is -4.48. The molecule has 0 saturated heterocycles. The third kappa shape index (κ3) is 11.1. The van der Waals surface area contributed by atoms with Crippen LogP contribution in [0.15, 0.2) is 0 Å². The summed E-state index contributed by atoms with van der Waals surface area (Å²) in [4.78, 5) is 19.1. The third-order valence-corrected chi connectivity index (χ3v) is 3.60. The van der Waals surface area contributed by atoms with Crippen molar-refractivity contribution in [1.29, 1.82) is 0 Å². The third-order valence-electron chi connectivity index (χ3n) is 2.58. The molecule has 1 unspecified atom stereocenters. The Bertz CT molecular complexity index is 281. The van der Waals surface area contributed by atoms with E-state index in [9.17, 15) is 9.36 Å². The molecule has 0 aromatic carbocycles. The van der Waals surface area contributed by atoms with Gasteiger partial charge in [0.25, 0.3) is 0 Å². The molecule has 0 aromatic heterocycles. The topological polar surface area (TPSA) is 93.1 Å². The van der Waals surface area contributed by atoms with E-state index in [0.717, 1.165) is 12.8 Å². The van der Waals surface area contributed by atoms with Crippen LogP contribution in [0.5, 0.6) is 0 Å². The first-order chi connectivity index (χ1) is 9.00. The normalized spacial score (nSPS) is 14.2. The maximum absolute atomic E-state index is 10.9. The Hall–Kier alpha value is -0.420. The molecule has 0 fully saturated rings. The molecular weight excluding hydrogens is 271 g/mol. The summed E-state index contributed by atoms with van der Waals surface area (Å²) in [6.45, 7) is 3.17. The van der Waals surface area contributed by atoms with E-state index in [2.05, 4.69) is 11.4 Å². The molecule has 0 spiro atoms. The molecule has 0 saturated carbocycles. The number of rotatable bonds is 13. The van der Waals surface area contributed by atoms with E-state index in [1.54, 1.807) is 0 Å². The average molecular weight is 296 g/mol. The zero-order valence-electron chi connectivity index (χ0n) is 11.5. The molecule has 0 rings (SSSR count). The van der Waals surface area contributed by atoms with Crippen LogP contribution in [0.25, 0.3) is 0 Å². The Morgan fingerprint density at radius 2 is 1.58 bits per heavy atom. The lowest BCUT2D eigenvalue weighted by Crippen LogP contribution is -2.04. The van der Waals surface area contributed by atoms with Gasteiger partial charge in [-0.2, -0.15) is 0 Å². The van der Waals surface area contributed by atoms with Crippen molar-refractivity contribution >= 4 is 13.3 Å². The predicted octanol–water partition coefficient (Wildman–Crippen LogP) is 3.63. The lowest BCUT2D eigenvalue weighted by molar-refractivity contribution is 0.113. The van der Waals surface area contributed by atoms with Gasteiger partial charge in [0.05, 0.1) is 6.61 Å². The fraction of sp³-hybridized carbons (Fsp3) is 0.917. The first-order valence-corrected chi connectivity index (χ1v) is 8.37. The van der Waals surface area contributed by atoms with Crippen molar-refractivity contribution in [3.63, 3.8) is 0 Å². The summed E-state index contributed by atoms with van der Waals surface area (Å²) in [5.41, 5.74) is -1.82. The van der Waals surface area contributed by atoms with E-state index in [1.807, 2.05) is 0 Å². The zero-order chi connectivity index (χ0) is 14.6. The van der Waals surface area contributed by atoms with Crippen LogP contribution < -0.4 is 0 Å². The van der Waals surface area contributed by atoms with Gasteiger partial charge < -0.3 is 19.3 Å². The number of hydrogen-bond acceptors (Lipinski definition) is 4. The lowest BCUT2D eigenvalue weighted by Gasteiger charge is -2.07. The SMILES string of the molecule is CCCCCCCCOCCCOP(=O)(O)C(=O)O. The molecule has 0 aromatic rings. The van der Waals surface area contributed by atoms with Crippen LogP contribution in [0.2, 0.25) is 0 Å². The first-order valence-electron chi connectivity index (χ1n) is 6.79. The molecule has 2 N–H and O–H groups in total. The fourth-order valence-corrected chi connectivity index (χ4v) is 1.98. The summed E-state index contributed by atoms with van der Waals surface area (Å²) in [5.74, 6) is 0. The minimum Gasteiger partial charge on any atom is -0.472 e. The van der Waals surface area contributed by atoms with Gasteiger partial charge in [0.2, 0.25) is 0 Å². The summed E-state index contributed by atoms with van der Waals surface area (Å²) in [6.07, 6.45) is 7.59. The summed E-state index contributed by atoms with van der Waals surface area (Å²) in [5, 5.41) is 8.33. The molecule has 19 heavy (non-hydrogen) atoms. The van der Waals surface area contributed by atoms with Gasteiger partial charge >= 0.3 is 13.3 Å². The molecule has 0 radical (unpaired) electrons. The van der Waals surface area contributed by atoms with Crippen molar-refractivity contribution in [2.75, 3.05) is 19.8 Å². The number of carbonyl (C=O) groups is 1. The van der Waals surface area contributed by atoms with Gasteiger partial charge in [-0.3, -0.25) is 0 Å².